The number of nitrogens with zero attached hydrogens (tertiary/aromatic N) is 3. The largest absolute Gasteiger partial charge is 0.302 e. The lowest BCUT2D eigenvalue weighted by Crippen LogP contribution is -2.10. The van der Waals surface area contributed by atoms with E-state index in [0.717, 1.165) is 35.9 Å². The number of carbonyl (C=O) groups excluding carboxylic acids is 1. The Bertz CT molecular complexity index is 653. The molecule has 0 bridgehead atoms. The minimum Gasteiger partial charge on any atom is -0.302 e. The molecule has 0 radical (unpaired) electrons. The van der Waals surface area contributed by atoms with Gasteiger partial charge in [0.15, 0.2) is 11.0 Å². The molecule has 1 aromatic carbocycles. The highest BCUT2D eigenvalue weighted by molar-refractivity contribution is 8.00. The Hall–Kier alpha value is -1.33. The molecule has 1 aromatic heterocycles. The van der Waals surface area contributed by atoms with Crippen LogP contribution in [-0.4, -0.2) is 25.8 Å². The lowest BCUT2D eigenvalue weighted by Gasteiger charge is -2.10. The van der Waals surface area contributed by atoms with Crippen molar-refractivity contribution >= 4 is 29.1 Å². The molecule has 1 atom stereocenters. The first-order valence-electron chi connectivity index (χ1n) is 7.07. The van der Waals surface area contributed by atoms with Gasteiger partial charge in [-0.2, -0.15) is 0 Å². The molecule has 0 N–H and O–H groups in total. The van der Waals surface area contributed by atoms with E-state index in [0.29, 0.717) is 17.2 Å². The number of hydrogen-bond donors (Lipinski definition) is 0. The first kappa shape index (κ1) is 14.6. The molecule has 1 saturated carbocycles. The maximum atomic E-state index is 11.8. The quantitative estimate of drug-likeness (QED) is 0.858. The van der Waals surface area contributed by atoms with Crippen molar-refractivity contribution in [3.8, 4) is 11.4 Å². The van der Waals surface area contributed by atoms with E-state index < -0.39 is 0 Å². The van der Waals surface area contributed by atoms with E-state index in [1.54, 1.807) is 11.8 Å². The van der Waals surface area contributed by atoms with Crippen LogP contribution in [0.2, 0.25) is 5.02 Å². The molecule has 0 saturated heterocycles. The maximum absolute atomic E-state index is 11.8. The van der Waals surface area contributed by atoms with Gasteiger partial charge in [0.05, 0.1) is 5.25 Å². The summed E-state index contributed by atoms with van der Waals surface area (Å²) in [4.78, 5) is 11.8. The van der Waals surface area contributed by atoms with E-state index >= 15 is 0 Å². The number of aromatic nitrogens is 3. The number of halogens is 1. The number of thioether (sulfide) groups is 1. The SMILES string of the molecule is CCn1c(S[C@H]2CCCC2=O)nnc1-c1ccc(Cl)cc1. The number of benzene rings is 1. The molecule has 21 heavy (non-hydrogen) atoms. The van der Waals surface area contributed by atoms with Gasteiger partial charge < -0.3 is 4.57 Å². The van der Waals surface area contributed by atoms with Gasteiger partial charge in [0.25, 0.3) is 0 Å². The highest BCUT2D eigenvalue weighted by Gasteiger charge is 2.27. The smallest absolute Gasteiger partial charge is 0.192 e. The molecule has 110 valence electrons. The molecule has 0 amide bonds. The van der Waals surface area contributed by atoms with E-state index in [1.807, 2.05) is 24.3 Å². The average Bonchev–Trinajstić information content (AvgIpc) is 3.07. The zero-order chi connectivity index (χ0) is 14.8. The van der Waals surface area contributed by atoms with E-state index in [2.05, 4.69) is 21.7 Å². The van der Waals surface area contributed by atoms with Gasteiger partial charge in [-0.3, -0.25) is 4.79 Å². The average molecular weight is 322 g/mol. The fraction of sp³-hybridized carbons (Fsp3) is 0.400. The van der Waals surface area contributed by atoms with Gasteiger partial charge in [-0.25, -0.2) is 0 Å². The fourth-order valence-corrected chi connectivity index (χ4v) is 3.85. The second-order valence-electron chi connectivity index (χ2n) is 5.02. The minimum absolute atomic E-state index is 0.0394. The number of ketones is 1. The van der Waals surface area contributed by atoms with Crippen LogP contribution < -0.4 is 0 Å². The van der Waals surface area contributed by atoms with Gasteiger partial charge in [0.1, 0.15) is 5.78 Å². The molecular formula is C15H16ClN3OS. The van der Waals surface area contributed by atoms with Gasteiger partial charge in [-0.1, -0.05) is 23.4 Å². The van der Waals surface area contributed by atoms with Crippen molar-refractivity contribution in [1.82, 2.24) is 14.8 Å². The van der Waals surface area contributed by atoms with Gasteiger partial charge in [0.2, 0.25) is 0 Å². The van der Waals surface area contributed by atoms with Gasteiger partial charge in [-0.15, -0.1) is 10.2 Å². The third-order valence-electron chi connectivity index (χ3n) is 3.63. The Morgan fingerprint density at radius 2 is 2.10 bits per heavy atom. The van der Waals surface area contributed by atoms with Crippen LogP contribution in [0.5, 0.6) is 0 Å². The van der Waals surface area contributed by atoms with Gasteiger partial charge >= 0.3 is 0 Å². The molecule has 0 spiro atoms. The van der Waals surface area contributed by atoms with Crippen LogP contribution in [0.25, 0.3) is 11.4 Å². The summed E-state index contributed by atoms with van der Waals surface area (Å²) in [5, 5.41) is 10.1. The summed E-state index contributed by atoms with van der Waals surface area (Å²) < 4.78 is 2.06. The van der Waals surface area contributed by atoms with Crippen molar-refractivity contribution in [2.75, 3.05) is 0 Å². The van der Waals surface area contributed by atoms with Crippen molar-refractivity contribution < 1.29 is 4.79 Å². The normalized spacial score (nSPS) is 18.4. The highest BCUT2D eigenvalue weighted by Crippen LogP contribution is 2.33. The van der Waals surface area contributed by atoms with Crippen LogP contribution in [0.3, 0.4) is 0 Å². The Balaban J connectivity index is 1.89. The summed E-state index contributed by atoms with van der Waals surface area (Å²) in [6.07, 6.45) is 2.62. The predicted octanol–water partition coefficient (Wildman–Crippen LogP) is 3.83. The Kier molecular flexibility index (Phi) is 4.31. The maximum Gasteiger partial charge on any atom is 0.192 e. The predicted molar refractivity (Wildman–Crippen MR) is 84.6 cm³/mol. The molecule has 1 heterocycles. The lowest BCUT2D eigenvalue weighted by molar-refractivity contribution is -0.116. The van der Waals surface area contributed by atoms with E-state index in [-0.39, 0.29) is 5.25 Å². The molecule has 4 nitrogen and oxygen atoms in total. The molecule has 1 aliphatic rings. The number of hydrogen-bond acceptors (Lipinski definition) is 4. The first-order valence-corrected chi connectivity index (χ1v) is 8.33. The molecule has 1 fully saturated rings. The monoisotopic (exact) mass is 321 g/mol. The molecular weight excluding hydrogens is 306 g/mol. The standard InChI is InChI=1S/C15H16ClN3OS/c1-2-19-14(10-6-8-11(16)9-7-10)17-18-15(19)21-13-5-3-4-12(13)20/h6-9,13H,2-5H2,1H3/t13-/m0/s1. The lowest BCUT2D eigenvalue weighted by atomic mass is 10.2. The van der Waals surface area contributed by atoms with Gasteiger partial charge in [-0.05, 0) is 44.0 Å². The number of Topliss-reactive ketones (excluding diaryl/α,β-unsaturated/α-hetero) is 1. The van der Waals surface area contributed by atoms with Crippen LogP contribution in [0.1, 0.15) is 26.2 Å². The molecule has 6 heteroatoms. The molecule has 1 aliphatic carbocycles. The van der Waals surface area contributed by atoms with Crippen molar-refractivity contribution in [1.29, 1.82) is 0 Å². The Morgan fingerprint density at radius 3 is 2.71 bits per heavy atom. The van der Waals surface area contributed by atoms with E-state index in [1.165, 1.54) is 0 Å². The number of rotatable bonds is 4. The van der Waals surface area contributed by atoms with E-state index in [9.17, 15) is 4.79 Å². The van der Waals surface area contributed by atoms with Crippen molar-refractivity contribution in [2.24, 2.45) is 0 Å². The topological polar surface area (TPSA) is 47.8 Å². The summed E-state index contributed by atoms with van der Waals surface area (Å²) in [6, 6.07) is 7.57. The summed E-state index contributed by atoms with van der Waals surface area (Å²) in [6.45, 7) is 2.83. The van der Waals surface area contributed by atoms with Crippen LogP contribution in [-0.2, 0) is 11.3 Å². The molecule has 0 unspecified atom stereocenters. The molecule has 2 aromatic rings. The van der Waals surface area contributed by atoms with E-state index in [4.69, 9.17) is 11.6 Å². The zero-order valence-corrected chi connectivity index (χ0v) is 13.3. The summed E-state index contributed by atoms with van der Waals surface area (Å²) in [5.41, 5.74) is 0.985. The number of carbonyl (C=O) groups is 1. The fourth-order valence-electron chi connectivity index (χ4n) is 2.51. The van der Waals surface area contributed by atoms with Crippen molar-refractivity contribution in [2.45, 2.75) is 43.1 Å². The van der Waals surface area contributed by atoms with Crippen LogP contribution >= 0.6 is 23.4 Å². The second-order valence-corrected chi connectivity index (χ2v) is 6.63. The third kappa shape index (κ3) is 2.99. The molecule has 0 aliphatic heterocycles. The highest BCUT2D eigenvalue weighted by atomic mass is 35.5. The van der Waals surface area contributed by atoms with Crippen LogP contribution in [0, 0.1) is 0 Å². The summed E-state index contributed by atoms with van der Waals surface area (Å²) in [5.74, 6) is 1.15. The van der Waals surface area contributed by atoms with Crippen LogP contribution in [0.15, 0.2) is 29.4 Å². The van der Waals surface area contributed by atoms with Gasteiger partial charge in [0, 0.05) is 23.6 Å². The zero-order valence-electron chi connectivity index (χ0n) is 11.8. The molecule has 3 rings (SSSR count). The minimum atomic E-state index is 0.0394. The second kappa shape index (κ2) is 6.20. The third-order valence-corrected chi connectivity index (χ3v) is 5.18. The first-order chi connectivity index (χ1) is 10.2. The summed E-state index contributed by atoms with van der Waals surface area (Å²) >= 11 is 7.47. The summed E-state index contributed by atoms with van der Waals surface area (Å²) in [7, 11) is 0. The van der Waals surface area contributed by atoms with Crippen LogP contribution in [0.4, 0.5) is 0 Å². The van der Waals surface area contributed by atoms with Crippen molar-refractivity contribution in [3.63, 3.8) is 0 Å². The Labute approximate surface area is 132 Å². The van der Waals surface area contributed by atoms with Crippen molar-refractivity contribution in [3.05, 3.63) is 29.3 Å². The Morgan fingerprint density at radius 1 is 1.33 bits per heavy atom.